The first-order valence-corrected chi connectivity index (χ1v) is 6.72. The van der Waals surface area contributed by atoms with E-state index in [4.69, 9.17) is 16.3 Å². The number of aromatic nitrogens is 1. The maximum atomic E-state index is 11.6. The van der Waals surface area contributed by atoms with Crippen molar-refractivity contribution in [3.8, 4) is 0 Å². The van der Waals surface area contributed by atoms with Crippen molar-refractivity contribution in [1.29, 1.82) is 0 Å². The number of hydrogen-bond donors (Lipinski definition) is 2. The van der Waals surface area contributed by atoms with Crippen LogP contribution in [0.4, 0.5) is 0 Å². The van der Waals surface area contributed by atoms with Gasteiger partial charge in [0.25, 0.3) is 5.91 Å². The van der Waals surface area contributed by atoms with E-state index in [9.17, 15) is 14.4 Å². The Hall–Kier alpha value is -2.15. The van der Waals surface area contributed by atoms with E-state index in [1.165, 1.54) is 18.3 Å². The van der Waals surface area contributed by atoms with Crippen LogP contribution in [0.3, 0.4) is 0 Å². The Morgan fingerprint density at radius 1 is 1.24 bits per heavy atom. The summed E-state index contributed by atoms with van der Waals surface area (Å²) in [5.74, 6) is -1.54. The topological polar surface area (TPSA) is 97.4 Å². The molecule has 0 aliphatic carbocycles. The van der Waals surface area contributed by atoms with Crippen LogP contribution in [0.1, 0.15) is 23.7 Å². The van der Waals surface area contributed by atoms with E-state index < -0.39 is 18.5 Å². The van der Waals surface area contributed by atoms with E-state index in [-0.39, 0.29) is 23.2 Å². The summed E-state index contributed by atoms with van der Waals surface area (Å²) in [6.45, 7) is 1.85. The first-order valence-electron chi connectivity index (χ1n) is 6.35. The van der Waals surface area contributed by atoms with Gasteiger partial charge in [-0.15, -0.1) is 0 Å². The van der Waals surface area contributed by atoms with Crippen molar-refractivity contribution in [3.05, 3.63) is 29.0 Å². The van der Waals surface area contributed by atoms with Crippen LogP contribution in [0.25, 0.3) is 0 Å². The molecular formula is C13H16ClN3O4. The molecule has 0 aliphatic heterocycles. The highest BCUT2D eigenvalue weighted by Crippen LogP contribution is 2.06. The highest BCUT2D eigenvalue weighted by molar-refractivity contribution is 6.29. The van der Waals surface area contributed by atoms with Gasteiger partial charge in [-0.1, -0.05) is 18.5 Å². The fourth-order valence-corrected chi connectivity index (χ4v) is 1.38. The first kappa shape index (κ1) is 16.9. The van der Waals surface area contributed by atoms with Crippen LogP contribution < -0.4 is 10.6 Å². The van der Waals surface area contributed by atoms with Crippen molar-refractivity contribution in [2.75, 3.05) is 19.7 Å². The highest BCUT2D eigenvalue weighted by Gasteiger charge is 2.11. The summed E-state index contributed by atoms with van der Waals surface area (Å²) in [5, 5.41) is 5.20. The van der Waals surface area contributed by atoms with Gasteiger partial charge in [0.15, 0.2) is 6.61 Å². The van der Waals surface area contributed by atoms with Crippen LogP contribution in [-0.4, -0.2) is 42.5 Å². The molecule has 2 N–H and O–H groups in total. The number of carbonyl (C=O) groups is 3. The lowest BCUT2D eigenvalue weighted by Crippen LogP contribution is -2.38. The van der Waals surface area contributed by atoms with Gasteiger partial charge in [-0.3, -0.25) is 9.59 Å². The molecule has 0 unspecified atom stereocenters. The molecule has 1 rings (SSSR count). The smallest absolute Gasteiger partial charge is 0.340 e. The summed E-state index contributed by atoms with van der Waals surface area (Å²) in [6.07, 6.45) is 2.06. The largest absolute Gasteiger partial charge is 0.452 e. The SMILES string of the molecule is CCCNC(=O)CNC(=O)COC(=O)c1ccc(Cl)nc1. The number of halogens is 1. The Morgan fingerprint density at radius 3 is 2.62 bits per heavy atom. The molecule has 0 bridgehead atoms. The van der Waals surface area contributed by atoms with Crippen molar-refractivity contribution in [2.24, 2.45) is 0 Å². The minimum absolute atomic E-state index is 0.154. The number of esters is 1. The van der Waals surface area contributed by atoms with Crippen LogP contribution >= 0.6 is 11.6 Å². The molecule has 2 amide bonds. The number of rotatable bonds is 7. The van der Waals surface area contributed by atoms with Crippen molar-refractivity contribution in [3.63, 3.8) is 0 Å². The molecule has 1 aromatic heterocycles. The van der Waals surface area contributed by atoms with Gasteiger partial charge in [0.05, 0.1) is 12.1 Å². The minimum Gasteiger partial charge on any atom is -0.452 e. The molecule has 0 aromatic carbocycles. The van der Waals surface area contributed by atoms with Crippen LogP contribution in [0.15, 0.2) is 18.3 Å². The van der Waals surface area contributed by atoms with Crippen molar-refractivity contribution >= 4 is 29.4 Å². The number of amides is 2. The monoisotopic (exact) mass is 313 g/mol. The third-order valence-electron chi connectivity index (χ3n) is 2.32. The molecule has 8 heteroatoms. The van der Waals surface area contributed by atoms with Gasteiger partial charge in [0.2, 0.25) is 5.91 Å². The number of pyridine rings is 1. The minimum atomic E-state index is -0.690. The fourth-order valence-electron chi connectivity index (χ4n) is 1.27. The molecule has 7 nitrogen and oxygen atoms in total. The first-order chi connectivity index (χ1) is 10.0. The van der Waals surface area contributed by atoms with E-state index in [0.29, 0.717) is 6.54 Å². The molecule has 1 heterocycles. The Bertz CT molecular complexity index is 505. The van der Waals surface area contributed by atoms with Gasteiger partial charge in [0.1, 0.15) is 5.15 Å². The highest BCUT2D eigenvalue weighted by atomic mass is 35.5. The molecule has 0 aliphatic rings. The summed E-state index contributed by atoms with van der Waals surface area (Å²) in [6, 6.07) is 2.88. The van der Waals surface area contributed by atoms with E-state index in [1.807, 2.05) is 6.92 Å². The fraction of sp³-hybridized carbons (Fsp3) is 0.385. The van der Waals surface area contributed by atoms with Crippen LogP contribution in [-0.2, 0) is 14.3 Å². The zero-order valence-corrected chi connectivity index (χ0v) is 12.3. The lowest BCUT2D eigenvalue weighted by atomic mass is 10.3. The molecule has 0 spiro atoms. The van der Waals surface area contributed by atoms with Crippen LogP contribution in [0, 0.1) is 0 Å². The lowest BCUT2D eigenvalue weighted by Gasteiger charge is -2.07. The van der Waals surface area contributed by atoms with E-state index >= 15 is 0 Å². The molecule has 0 saturated heterocycles. The van der Waals surface area contributed by atoms with E-state index in [0.717, 1.165) is 6.42 Å². The number of nitrogens with one attached hydrogen (secondary N) is 2. The van der Waals surface area contributed by atoms with Gasteiger partial charge in [-0.05, 0) is 18.6 Å². The van der Waals surface area contributed by atoms with E-state index in [2.05, 4.69) is 15.6 Å². The number of carbonyl (C=O) groups excluding carboxylic acids is 3. The second kappa shape index (κ2) is 8.91. The van der Waals surface area contributed by atoms with Gasteiger partial charge in [-0.25, -0.2) is 9.78 Å². The molecule has 21 heavy (non-hydrogen) atoms. The summed E-state index contributed by atoms with van der Waals surface area (Å²) >= 11 is 5.59. The second-order valence-corrected chi connectivity index (χ2v) is 4.46. The van der Waals surface area contributed by atoms with Crippen LogP contribution in [0.2, 0.25) is 5.15 Å². The Kier molecular flexibility index (Phi) is 7.17. The molecular weight excluding hydrogens is 298 g/mol. The summed E-state index contributed by atoms with van der Waals surface area (Å²) in [5.41, 5.74) is 0.188. The molecule has 1 aromatic rings. The number of ether oxygens (including phenoxy) is 1. The zero-order chi connectivity index (χ0) is 15.7. The number of hydrogen-bond acceptors (Lipinski definition) is 5. The average molecular weight is 314 g/mol. The lowest BCUT2D eigenvalue weighted by molar-refractivity contribution is -0.127. The van der Waals surface area contributed by atoms with Crippen molar-refractivity contribution in [1.82, 2.24) is 15.6 Å². The number of nitrogens with zero attached hydrogens (tertiary/aromatic N) is 1. The normalized spacial score (nSPS) is 9.81. The third-order valence-corrected chi connectivity index (χ3v) is 2.54. The summed E-state index contributed by atoms with van der Waals surface area (Å²) in [7, 11) is 0. The molecule has 0 radical (unpaired) electrons. The molecule has 0 saturated carbocycles. The third kappa shape index (κ3) is 6.71. The van der Waals surface area contributed by atoms with E-state index in [1.54, 1.807) is 0 Å². The second-order valence-electron chi connectivity index (χ2n) is 4.07. The van der Waals surface area contributed by atoms with Crippen molar-refractivity contribution in [2.45, 2.75) is 13.3 Å². The predicted octanol–water partition coefficient (Wildman–Crippen LogP) is 0.534. The maximum absolute atomic E-state index is 11.6. The Balaban J connectivity index is 2.28. The molecule has 0 fully saturated rings. The molecule has 114 valence electrons. The maximum Gasteiger partial charge on any atom is 0.340 e. The summed E-state index contributed by atoms with van der Waals surface area (Å²) < 4.78 is 4.78. The van der Waals surface area contributed by atoms with Crippen molar-refractivity contribution < 1.29 is 19.1 Å². The molecule has 0 atom stereocenters. The summed E-state index contributed by atoms with van der Waals surface area (Å²) in [4.78, 5) is 38.0. The van der Waals surface area contributed by atoms with Gasteiger partial charge in [0, 0.05) is 12.7 Å². The Labute approximate surface area is 127 Å². The van der Waals surface area contributed by atoms with Gasteiger partial charge in [-0.2, -0.15) is 0 Å². The van der Waals surface area contributed by atoms with Gasteiger partial charge < -0.3 is 15.4 Å². The average Bonchev–Trinajstić information content (AvgIpc) is 2.49. The Morgan fingerprint density at radius 2 is 2.00 bits per heavy atom. The quantitative estimate of drug-likeness (QED) is 0.565. The predicted molar refractivity (Wildman–Crippen MR) is 75.8 cm³/mol. The van der Waals surface area contributed by atoms with Crippen LogP contribution in [0.5, 0.6) is 0 Å². The van der Waals surface area contributed by atoms with Gasteiger partial charge >= 0.3 is 5.97 Å². The zero-order valence-electron chi connectivity index (χ0n) is 11.5. The standard InChI is InChI=1S/C13H16ClN3O4/c1-2-5-15-11(18)7-17-12(19)8-21-13(20)9-3-4-10(14)16-6-9/h3-4,6H,2,5,7-8H2,1H3,(H,15,18)(H,17,19).